The SMILES string of the molecule is c1ccc(N(c2ccccc2)c2cc3c4c(c2)Sc2ccccc2B4c2cc4c(cc2O3)Oc2cc(-c3ccccc3[Si](c3ccccc3)(c3ccccc3)c3ccccc3)cc3c2B4c2ccccc2O3)cc1. The fourth-order valence-corrected chi connectivity index (χ4v) is 18.5. The van der Waals surface area contributed by atoms with Crippen molar-refractivity contribution in [3.63, 3.8) is 0 Å². The van der Waals surface area contributed by atoms with Crippen LogP contribution in [0.1, 0.15) is 0 Å². The summed E-state index contributed by atoms with van der Waals surface area (Å²) in [5.74, 6) is 4.88. The van der Waals surface area contributed by atoms with Gasteiger partial charge in [0.15, 0.2) is 8.07 Å². The van der Waals surface area contributed by atoms with E-state index in [0.29, 0.717) is 0 Å². The number of nitrogens with zero attached hydrogens (tertiary/aromatic N) is 1. The fraction of sp³-hybridized carbons (Fsp3) is 0. The molecule has 11 aromatic rings. The van der Waals surface area contributed by atoms with Gasteiger partial charge < -0.3 is 19.1 Å². The highest BCUT2D eigenvalue weighted by atomic mass is 32.2. The number of rotatable bonds is 8. The van der Waals surface area contributed by atoms with Gasteiger partial charge in [0.05, 0.1) is 5.69 Å². The van der Waals surface area contributed by atoms with Gasteiger partial charge in [-0.25, -0.2) is 0 Å². The molecule has 11 aromatic carbocycles. The fourth-order valence-electron chi connectivity index (χ4n) is 12.4. The van der Waals surface area contributed by atoms with Gasteiger partial charge in [-0.2, -0.15) is 0 Å². The molecule has 0 spiro atoms. The van der Waals surface area contributed by atoms with E-state index in [4.69, 9.17) is 14.2 Å². The summed E-state index contributed by atoms with van der Waals surface area (Å²) in [6.45, 7) is -0.197. The summed E-state index contributed by atoms with van der Waals surface area (Å²) < 4.78 is 21.6. The molecule has 0 N–H and O–H groups in total. The highest BCUT2D eigenvalue weighted by Gasteiger charge is 2.47. The molecule has 0 atom stereocenters. The molecule has 0 radical (unpaired) electrons. The summed E-state index contributed by atoms with van der Waals surface area (Å²) in [6.07, 6.45) is 0. The van der Waals surface area contributed by atoms with E-state index < -0.39 is 8.07 Å². The van der Waals surface area contributed by atoms with E-state index in [9.17, 15) is 0 Å². The average molecular weight is 980 g/mol. The van der Waals surface area contributed by atoms with E-state index in [0.717, 1.165) is 84.5 Å². The summed E-state index contributed by atoms with van der Waals surface area (Å²) >= 11 is 1.82. The van der Waals surface area contributed by atoms with Gasteiger partial charge in [0.1, 0.15) is 34.5 Å². The minimum absolute atomic E-state index is 0.0550. The first-order valence-corrected chi connectivity index (χ1v) is 28.1. The maximum absolute atomic E-state index is 7.33. The zero-order valence-electron chi connectivity index (χ0n) is 40.1. The number of hydrogen-bond acceptors (Lipinski definition) is 5. The second-order valence-electron chi connectivity index (χ2n) is 19.4. The molecule has 0 aromatic heterocycles. The van der Waals surface area contributed by atoms with Crippen LogP contribution in [0.25, 0.3) is 11.1 Å². The smallest absolute Gasteiger partial charge is 0.260 e. The largest absolute Gasteiger partial charge is 0.458 e. The van der Waals surface area contributed by atoms with E-state index in [1.165, 1.54) is 41.5 Å². The van der Waals surface area contributed by atoms with Crippen molar-refractivity contribution in [3.05, 3.63) is 261 Å². The summed E-state index contributed by atoms with van der Waals surface area (Å²) in [5, 5.41) is 5.25. The maximum atomic E-state index is 7.33. The van der Waals surface area contributed by atoms with Crippen molar-refractivity contribution < 1.29 is 14.2 Å². The van der Waals surface area contributed by atoms with Crippen molar-refractivity contribution in [2.45, 2.75) is 9.79 Å². The third-order valence-corrected chi connectivity index (χ3v) is 21.4. The van der Waals surface area contributed by atoms with Gasteiger partial charge in [-0.15, -0.1) is 0 Å². The Morgan fingerprint density at radius 2 is 0.797 bits per heavy atom. The Morgan fingerprint density at radius 3 is 1.41 bits per heavy atom. The second kappa shape index (κ2) is 17.2. The van der Waals surface area contributed by atoms with Gasteiger partial charge in [0.25, 0.3) is 13.4 Å². The Bertz CT molecular complexity index is 3860. The lowest BCUT2D eigenvalue weighted by Gasteiger charge is -2.38. The van der Waals surface area contributed by atoms with E-state index in [1.807, 2.05) is 11.8 Å². The van der Waals surface area contributed by atoms with Crippen LogP contribution in [0.5, 0.6) is 34.5 Å². The number of anilines is 3. The molecule has 8 heteroatoms. The number of hydrogen-bond donors (Lipinski definition) is 0. The Morgan fingerprint density at radius 1 is 0.324 bits per heavy atom. The molecule has 4 nitrogen and oxygen atoms in total. The number of fused-ring (bicyclic) bond motifs is 8. The van der Waals surface area contributed by atoms with Crippen LogP contribution in [-0.2, 0) is 0 Å². The van der Waals surface area contributed by atoms with E-state index in [1.54, 1.807) is 0 Å². The van der Waals surface area contributed by atoms with Crippen LogP contribution in [0.3, 0.4) is 0 Å². The van der Waals surface area contributed by atoms with Crippen LogP contribution in [0, 0.1) is 0 Å². The van der Waals surface area contributed by atoms with Gasteiger partial charge >= 0.3 is 0 Å². The first-order chi connectivity index (χ1) is 36.7. The Labute approximate surface area is 436 Å². The zero-order valence-corrected chi connectivity index (χ0v) is 41.9. The molecule has 0 saturated carbocycles. The van der Waals surface area contributed by atoms with Gasteiger partial charge in [-0.3, -0.25) is 0 Å². The maximum Gasteiger partial charge on any atom is 0.260 e. The quantitative estimate of drug-likeness (QED) is 0.112. The molecular weight excluding hydrogens is 937 g/mol. The van der Waals surface area contributed by atoms with Crippen LogP contribution in [0.15, 0.2) is 271 Å². The van der Waals surface area contributed by atoms with Crippen LogP contribution in [0.4, 0.5) is 17.1 Å². The Hall–Kier alpha value is -8.68. The zero-order chi connectivity index (χ0) is 48.7. The van der Waals surface area contributed by atoms with Crippen molar-refractivity contribution in [1.82, 2.24) is 0 Å². The Kier molecular flexibility index (Phi) is 10.0. The van der Waals surface area contributed by atoms with Crippen LogP contribution in [0.2, 0.25) is 0 Å². The minimum atomic E-state index is -2.94. The first-order valence-electron chi connectivity index (χ1n) is 25.3. The third kappa shape index (κ3) is 6.65. The molecule has 4 aliphatic rings. The van der Waals surface area contributed by atoms with Gasteiger partial charge in [-0.1, -0.05) is 211 Å². The summed E-state index contributed by atoms with van der Waals surface area (Å²) in [6, 6.07) is 94.6. The van der Waals surface area contributed by atoms with E-state index >= 15 is 0 Å². The molecule has 74 heavy (non-hydrogen) atoms. The lowest BCUT2D eigenvalue weighted by Crippen LogP contribution is -2.75. The molecule has 4 aliphatic heterocycles. The summed E-state index contributed by atoms with van der Waals surface area (Å²) in [5.41, 5.74) is 12.2. The molecule has 15 rings (SSSR count). The van der Waals surface area contributed by atoms with Crippen LogP contribution >= 0.6 is 11.8 Å². The van der Waals surface area contributed by atoms with Crippen molar-refractivity contribution >= 4 is 104 Å². The highest BCUT2D eigenvalue weighted by Crippen LogP contribution is 2.45. The minimum Gasteiger partial charge on any atom is -0.458 e. The van der Waals surface area contributed by atoms with Crippen LogP contribution in [-0.4, -0.2) is 21.5 Å². The molecule has 346 valence electrons. The summed E-state index contributed by atoms with van der Waals surface area (Å²) in [4.78, 5) is 4.76. The molecule has 0 unspecified atom stereocenters. The lowest BCUT2D eigenvalue weighted by molar-refractivity contribution is 0.456. The predicted molar refractivity (Wildman–Crippen MR) is 310 cm³/mol. The predicted octanol–water partition coefficient (Wildman–Crippen LogP) is 10.0. The molecule has 0 saturated heterocycles. The van der Waals surface area contributed by atoms with Gasteiger partial charge in [0.2, 0.25) is 0 Å². The monoisotopic (exact) mass is 979 g/mol. The van der Waals surface area contributed by atoms with E-state index in [2.05, 4.69) is 266 Å². The standard InChI is InChI=1S/C66H43B2NO3SSi/c1-6-22-45(23-7-1)69(46-24-8-2-9-25-46)47-40-61-66-63(41-47)73-62-36-20-18-34-53(62)68(66)55-42-54-57(43-58(55)72-61)71-60-39-44(38-59-65(60)67(54)52-33-17-19-35-56(52)70-59)51-32-16-21-37-64(51)74(48-26-10-3-11-27-48,49-28-12-4-13-29-49)50-30-14-5-15-31-50/h1-43H. The molecule has 0 fully saturated rings. The van der Waals surface area contributed by atoms with Crippen molar-refractivity contribution in [3.8, 4) is 45.6 Å². The normalized spacial score (nSPS) is 13.1. The number of para-hydroxylation sites is 3. The van der Waals surface area contributed by atoms with Gasteiger partial charge in [-0.05, 0) is 108 Å². The van der Waals surface area contributed by atoms with Crippen molar-refractivity contribution in [2.24, 2.45) is 0 Å². The molecule has 0 aliphatic carbocycles. The third-order valence-electron chi connectivity index (χ3n) is 15.4. The molecule has 0 bridgehead atoms. The second-order valence-corrected chi connectivity index (χ2v) is 24.3. The van der Waals surface area contributed by atoms with Crippen molar-refractivity contribution in [2.75, 3.05) is 4.90 Å². The molecular formula is C66H43B2NO3SSi. The van der Waals surface area contributed by atoms with Gasteiger partial charge in [0, 0.05) is 38.8 Å². The highest BCUT2D eigenvalue weighted by molar-refractivity contribution is 8.00. The molecule has 4 heterocycles. The lowest BCUT2D eigenvalue weighted by atomic mass is 9.32. The number of benzene rings is 11. The van der Waals surface area contributed by atoms with Crippen molar-refractivity contribution in [1.29, 1.82) is 0 Å². The Balaban J connectivity index is 0.918. The number of ether oxygens (including phenoxy) is 3. The molecule has 0 amide bonds. The first kappa shape index (κ1) is 42.9. The average Bonchev–Trinajstić information content (AvgIpc) is 3.50. The topological polar surface area (TPSA) is 30.9 Å². The van der Waals surface area contributed by atoms with E-state index in [-0.39, 0.29) is 13.4 Å². The van der Waals surface area contributed by atoms with Crippen LogP contribution < -0.4 is 72.6 Å². The summed E-state index contributed by atoms with van der Waals surface area (Å²) in [7, 11) is -2.94.